The number of nitrogens with one attached hydrogen (secondary N) is 1. The van der Waals surface area contributed by atoms with Crippen molar-refractivity contribution in [1.29, 1.82) is 0 Å². The number of carbonyl (C=O) groups is 1. The Labute approximate surface area is 123 Å². The number of nitrogens with zero attached hydrogens (tertiary/aromatic N) is 4. The molecule has 0 saturated heterocycles. The van der Waals surface area contributed by atoms with Crippen molar-refractivity contribution in [1.82, 2.24) is 25.1 Å². The summed E-state index contributed by atoms with van der Waals surface area (Å²) in [6, 6.07) is 5.94. The maximum absolute atomic E-state index is 12.0. The number of hydrogen-bond acceptors (Lipinski definition) is 4. The smallest absolute Gasteiger partial charge is 0.220 e. The van der Waals surface area contributed by atoms with E-state index >= 15 is 0 Å². The molecular formula is C15H19N5O. The Kier molecular flexibility index (Phi) is 3.94. The Morgan fingerprint density at radius 2 is 2.33 bits per heavy atom. The van der Waals surface area contributed by atoms with E-state index in [1.165, 1.54) is 0 Å². The number of fused-ring (bicyclic) bond motifs is 1. The Hall–Kier alpha value is -2.24. The van der Waals surface area contributed by atoms with Crippen molar-refractivity contribution >= 4 is 5.91 Å². The first kappa shape index (κ1) is 13.7. The summed E-state index contributed by atoms with van der Waals surface area (Å²) in [4.78, 5) is 16.3. The summed E-state index contributed by atoms with van der Waals surface area (Å²) in [6.45, 7) is 2.71. The molecule has 1 atom stereocenters. The van der Waals surface area contributed by atoms with E-state index in [0.717, 1.165) is 36.7 Å². The highest BCUT2D eigenvalue weighted by molar-refractivity contribution is 5.76. The lowest BCUT2D eigenvalue weighted by atomic mass is 10.1. The van der Waals surface area contributed by atoms with Crippen LogP contribution in [0.5, 0.6) is 0 Å². The van der Waals surface area contributed by atoms with Gasteiger partial charge in [0.25, 0.3) is 0 Å². The average molecular weight is 285 g/mol. The second kappa shape index (κ2) is 6.03. The maximum atomic E-state index is 12.0. The minimum absolute atomic E-state index is 0.0832. The molecule has 0 unspecified atom stereocenters. The lowest BCUT2D eigenvalue weighted by molar-refractivity contribution is -0.122. The molecule has 1 N–H and O–H groups in total. The van der Waals surface area contributed by atoms with Crippen LogP contribution >= 0.6 is 0 Å². The van der Waals surface area contributed by atoms with Crippen molar-refractivity contribution in [2.75, 3.05) is 0 Å². The van der Waals surface area contributed by atoms with E-state index in [-0.39, 0.29) is 11.9 Å². The van der Waals surface area contributed by atoms with Gasteiger partial charge in [-0.25, -0.2) is 0 Å². The summed E-state index contributed by atoms with van der Waals surface area (Å²) in [5.41, 5.74) is 0.952. The van der Waals surface area contributed by atoms with E-state index in [1.807, 2.05) is 25.1 Å². The van der Waals surface area contributed by atoms with Crippen LogP contribution in [0, 0.1) is 6.92 Å². The van der Waals surface area contributed by atoms with Crippen LogP contribution in [0.3, 0.4) is 0 Å². The topological polar surface area (TPSA) is 72.7 Å². The minimum atomic E-state index is 0.0832. The third-order valence-electron chi connectivity index (χ3n) is 3.83. The third-order valence-corrected chi connectivity index (χ3v) is 3.83. The molecule has 3 heterocycles. The van der Waals surface area contributed by atoms with E-state index in [2.05, 4.69) is 25.1 Å². The van der Waals surface area contributed by atoms with Crippen molar-refractivity contribution in [2.24, 2.45) is 0 Å². The van der Waals surface area contributed by atoms with Crippen LogP contribution in [0.15, 0.2) is 24.4 Å². The number of aromatic nitrogens is 4. The van der Waals surface area contributed by atoms with Crippen LogP contribution in [0.1, 0.15) is 30.2 Å². The first-order chi connectivity index (χ1) is 10.2. The zero-order valence-electron chi connectivity index (χ0n) is 12.1. The van der Waals surface area contributed by atoms with Crippen molar-refractivity contribution in [2.45, 2.75) is 45.2 Å². The molecule has 2 aromatic rings. The number of amides is 1. The highest BCUT2D eigenvalue weighted by Crippen LogP contribution is 2.14. The highest BCUT2D eigenvalue weighted by Gasteiger charge is 2.22. The molecule has 0 bridgehead atoms. The number of aryl methyl sites for hydroxylation is 3. The zero-order valence-corrected chi connectivity index (χ0v) is 12.1. The van der Waals surface area contributed by atoms with Crippen molar-refractivity contribution < 1.29 is 4.79 Å². The largest absolute Gasteiger partial charge is 0.352 e. The predicted molar refractivity (Wildman–Crippen MR) is 77.6 cm³/mol. The fourth-order valence-corrected chi connectivity index (χ4v) is 2.67. The highest BCUT2D eigenvalue weighted by atomic mass is 16.1. The molecule has 0 aromatic carbocycles. The zero-order chi connectivity index (χ0) is 14.7. The molecule has 0 radical (unpaired) electrons. The average Bonchev–Trinajstić information content (AvgIpc) is 2.87. The Morgan fingerprint density at radius 1 is 1.43 bits per heavy atom. The molecule has 6 heteroatoms. The van der Waals surface area contributed by atoms with Crippen LogP contribution in [0.2, 0.25) is 0 Å². The van der Waals surface area contributed by atoms with Gasteiger partial charge in [-0.1, -0.05) is 6.07 Å². The van der Waals surface area contributed by atoms with Gasteiger partial charge in [0.05, 0.1) is 0 Å². The molecule has 0 saturated carbocycles. The third kappa shape index (κ3) is 3.26. The second-order valence-corrected chi connectivity index (χ2v) is 5.40. The van der Waals surface area contributed by atoms with Crippen molar-refractivity contribution in [3.8, 4) is 0 Å². The number of pyridine rings is 1. The van der Waals surface area contributed by atoms with Crippen LogP contribution in [0.25, 0.3) is 0 Å². The van der Waals surface area contributed by atoms with Crippen LogP contribution in [-0.4, -0.2) is 31.7 Å². The van der Waals surface area contributed by atoms with E-state index in [1.54, 1.807) is 6.20 Å². The number of hydrogen-bond donors (Lipinski definition) is 1. The summed E-state index contributed by atoms with van der Waals surface area (Å²) in [7, 11) is 0. The summed E-state index contributed by atoms with van der Waals surface area (Å²) in [5, 5.41) is 11.3. The van der Waals surface area contributed by atoms with Crippen LogP contribution < -0.4 is 5.32 Å². The summed E-state index contributed by atoms with van der Waals surface area (Å²) in [6.07, 6.45) is 4.70. The van der Waals surface area contributed by atoms with Crippen LogP contribution in [-0.2, 0) is 24.2 Å². The quantitative estimate of drug-likeness (QED) is 0.911. The Morgan fingerprint density at radius 3 is 3.14 bits per heavy atom. The maximum Gasteiger partial charge on any atom is 0.220 e. The van der Waals surface area contributed by atoms with E-state index in [9.17, 15) is 4.79 Å². The van der Waals surface area contributed by atoms with Crippen LogP contribution in [0.4, 0.5) is 0 Å². The van der Waals surface area contributed by atoms with Gasteiger partial charge in [0.2, 0.25) is 5.91 Å². The fraction of sp³-hybridized carbons (Fsp3) is 0.467. The molecule has 0 fully saturated rings. The molecular weight excluding hydrogens is 266 g/mol. The summed E-state index contributed by atoms with van der Waals surface area (Å²) in [5.74, 6) is 2.02. The van der Waals surface area contributed by atoms with Crippen molar-refractivity contribution in [3.63, 3.8) is 0 Å². The van der Waals surface area contributed by atoms with Gasteiger partial charge < -0.3 is 9.88 Å². The number of rotatable bonds is 4. The van der Waals surface area contributed by atoms with Gasteiger partial charge in [-0.2, -0.15) is 0 Å². The standard InChI is InChI=1S/C15H19N5O/c1-11-18-19-14-7-5-13(10-20(11)14)17-15(21)8-6-12-4-2-3-9-16-12/h2-4,9,13H,5-8,10H2,1H3,(H,17,21)/t13-/m0/s1. The second-order valence-electron chi connectivity index (χ2n) is 5.40. The molecule has 2 aromatic heterocycles. The minimum Gasteiger partial charge on any atom is -0.352 e. The molecule has 1 aliphatic heterocycles. The Balaban J connectivity index is 1.51. The number of carbonyl (C=O) groups excluding carboxylic acids is 1. The van der Waals surface area contributed by atoms with E-state index < -0.39 is 0 Å². The molecule has 0 spiro atoms. The van der Waals surface area contributed by atoms with Gasteiger partial charge in [0.15, 0.2) is 0 Å². The first-order valence-electron chi connectivity index (χ1n) is 7.30. The molecule has 1 amide bonds. The summed E-state index contributed by atoms with van der Waals surface area (Å²) >= 11 is 0. The monoisotopic (exact) mass is 285 g/mol. The normalized spacial score (nSPS) is 17.3. The Bertz CT molecular complexity index is 622. The molecule has 110 valence electrons. The summed E-state index contributed by atoms with van der Waals surface area (Å²) < 4.78 is 2.09. The van der Waals surface area contributed by atoms with Crippen molar-refractivity contribution in [3.05, 3.63) is 41.7 Å². The van der Waals surface area contributed by atoms with Gasteiger partial charge in [0.1, 0.15) is 11.6 Å². The van der Waals surface area contributed by atoms with Gasteiger partial charge in [-0.3, -0.25) is 9.78 Å². The van der Waals surface area contributed by atoms with E-state index in [0.29, 0.717) is 12.8 Å². The molecule has 3 rings (SSSR count). The SMILES string of the molecule is Cc1nnc2n1C[C@@H](NC(=O)CCc1ccccn1)CC2. The van der Waals surface area contributed by atoms with Gasteiger partial charge in [0, 0.05) is 37.3 Å². The molecule has 0 aliphatic carbocycles. The lowest BCUT2D eigenvalue weighted by Gasteiger charge is -2.24. The van der Waals surface area contributed by atoms with Gasteiger partial charge in [-0.05, 0) is 31.9 Å². The first-order valence-corrected chi connectivity index (χ1v) is 7.30. The molecule has 21 heavy (non-hydrogen) atoms. The van der Waals surface area contributed by atoms with Gasteiger partial charge in [-0.15, -0.1) is 10.2 Å². The lowest BCUT2D eigenvalue weighted by Crippen LogP contribution is -2.41. The molecule has 1 aliphatic rings. The van der Waals surface area contributed by atoms with Gasteiger partial charge >= 0.3 is 0 Å². The molecule has 6 nitrogen and oxygen atoms in total. The fourth-order valence-electron chi connectivity index (χ4n) is 2.67. The van der Waals surface area contributed by atoms with E-state index in [4.69, 9.17) is 0 Å². The predicted octanol–water partition coefficient (Wildman–Crippen LogP) is 1.05.